The molecule has 1 aliphatic carbocycles. The molecule has 0 fully saturated rings. The van der Waals surface area contributed by atoms with Crippen LogP contribution in [0.4, 0.5) is 0 Å². The Bertz CT molecular complexity index is 177. The van der Waals surface area contributed by atoms with Crippen molar-refractivity contribution in [3.8, 4) is 0 Å². The first-order chi connectivity index (χ1) is 5.34. The van der Waals surface area contributed by atoms with Crippen LogP contribution < -0.4 is 0 Å². The van der Waals surface area contributed by atoms with Gasteiger partial charge in [0.1, 0.15) is 0 Å². The van der Waals surface area contributed by atoms with Crippen LogP contribution in [0.1, 0.15) is 39.0 Å². The maximum atomic E-state index is 3.57. The first-order valence-electron chi connectivity index (χ1n) is 4.38. The van der Waals surface area contributed by atoms with Crippen LogP contribution in [0.2, 0.25) is 0 Å². The molecule has 0 unspecified atom stereocenters. The number of rotatable bonds is 4. The fraction of sp³-hybridized carbons (Fsp3) is 0.600. The SMILES string of the molecule is CCCCCC1=[C]([Mn])CC=C1. The average molecular weight is 190 g/mol. The van der Waals surface area contributed by atoms with Gasteiger partial charge in [-0.05, 0) is 0 Å². The fourth-order valence-corrected chi connectivity index (χ4v) is 1.70. The summed E-state index contributed by atoms with van der Waals surface area (Å²) in [7, 11) is 0. The molecule has 0 N–H and O–H groups in total. The van der Waals surface area contributed by atoms with Crippen molar-refractivity contribution in [2.24, 2.45) is 0 Å². The molecular weight excluding hydrogens is 175 g/mol. The second kappa shape index (κ2) is 4.79. The Kier molecular flexibility index (Phi) is 3.96. The summed E-state index contributed by atoms with van der Waals surface area (Å²) in [6, 6.07) is 0. The molecule has 1 rings (SSSR count). The number of hydrogen-bond donors (Lipinski definition) is 0. The van der Waals surface area contributed by atoms with Gasteiger partial charge >= 0.3 is 77.2 Å². The molecule has 1 aliphatic rings. The molecule has 0 aromatic rings. The second-order valence-electron chi connectivity index (χ2n) is 2.99. The van der Waals surface area contributed by atoms with Gasteiger partial charge in [0.15, 0.2) is 0 Å². The quantitative estimate of drug-likeness (QED) is 0.471. The van der Waals surface area contributed by atoms with Crippen LogP contribution in [0, 0.1) is 0 Å². The minimum atomic E-state index is 1.11. The predicted octanol–water partition coefficient (Wildman–Crippen LogP) is 3.33. The summed E-state index contributed by atoms with van der Waals surface area (Å²) in [5.74, 6) is 0. The molecule has 0 saturated heterocycles. The molecule has 0 bridgehead atoms. The van der Waals surface area contributed by atoms with E-state index >= 15 is 0 Å². The van der Waals surface area contributed by atoms with E-state index < -0.39 is 0 Å². The Labute approximate surface area is 77.6 Å². The van der Waals surface area contributed by atoms with Crippen LogP contribution in [0.25, 0.3) is 0 Å². The molecule has 0 spiro atoms. The van der Waals surface area contributed by atoms with E-state index in [1.54, 1.807) is 0 Å². The van der Waals surface area contributed by atoms with Crippen molar-refractivity contribution in [2.75, 3.05) is 0 Å². The van der Waals surface area contributed by atoms with E-state index in [1.807, 2.05) is 0 Å². The molecule has 0 saturated carbocycles. The van der Waals surface area contributed by atoms with Crippen LogP contribution in [0.15, 0.2) is 22.2 Å². The fourth-order valence-electron chi connectivity index (χ4n) is 1.31. The molecule has 0 aromatic heterocycles. The van der Waals surface area contributed by atoms with Crippen molar-refractivity contribution < 1.29 is 16.0 Å². The topological polar surface area (TPSA) is 0 Å². The summed E-state index contributed by atoms with van der Waals surface area (Å²) < 4.78 is 1.40. The Morgan fingerprint density at radius 3 is 2.82 bits per heavy atom. The average Bonchev–Trinajstić information content (AvgIpc) is 2.37. The molecule has 62 valence electrons. The Balaban J connectivity index is 2.25. The van der Waals surface area contributed by atoms with E-state index in [1.165, 1.54) is 35.7 Å². The van der Waals surface area contributed by atoms with Gasteiger partial charge in [-0.1, -0.05) is 0 Å². The Morgan fingerprint density at radius 1 is 1.45 bits per heavy atom. The van der Waals surface area contributed by atoms with Crippen molar-refractivity contribution >= 4 is 0 Å². The van der Waals surface area contributed by atoms with Crippen LogP contribution in [-0.4, -0.2) is 0 Å². The first-order valence-corrected chi connectivity index (χ1v) is 4.97. The van der Waals surface area contributed by atoms with E-state index in [0.29, 0.717) is 0 Å². The molecule has 1 heteroatoms. The molecule has 0 nitrogen and oxygen atoms in total. The number of unbranched alkanes of at least 4 members (excludes halogenated alkanes) is 2. The molecular formula is C10H15Mn. The third kappa shape index (κ3) is 2.84. The molecule has 0 heterocycles. The van der Waals surface area contributed by atoms with Crippen molar-refractivity contribution in [2.45, 2.75) is 39.0 Å². The van der Waals surface area contributed by atoms with Gasteiger partial charge in [0, 0.05) is 0 Å². The van der Waals surface area contributed by atoms with Crippen LogP contribution in [0.5, 0.6) is 0 Å². The third-order valence-corrected chi connectivity index (χ3v) is 2.63. The monoisotopic (exact) mass is 190 g/mol. The van der Waals surface area contributed by atoms with Crippen molar-refractivity contribution in [1.82, 2.24) is 0 Å². The van der Waals surface area contributed by atoms with Gasteiger partial charge in [-0.15, -0.1) is 0 Å². The summed E-state index contributed by atoms with van der Waals surface area (Å²) in [6.07, 6.45) is 10.9. The molecule has 0 amide bonds. The van der Waals surface area contributed by atoms with Gasteiger partial charge < -0.3 is 0 Å². The van der Waals surface area contributed by atoms with Gasteiger partial charge in [-0.3, -0.25) is 0 Å². The van der Waals surface area contributed by atoms with Gasteiger partial charge in [0.05, 0.1) is 0 Å². The summed E-state index contributed by atoms with van der Waals surface area (Å²) in [5, 5.41) is 0. The molecule has 0 aromatic carbocycles. The molecule has 0 aliphatic heterocycles. The second-order valence-corrected chi connectivity index (χ2v) is 3.71. The zero-order valence-electron chi connectivity index (χ0n) is 7.07. The van der Waals surface area contributed by atoms with Gasteiger partial charge in [0.2, 0.25) is 0 Å². The number of hydrogen-bond acceptors (Lipinski definition) is 0. The Morgan fingerprint density at radius 2 is 2.27 bits per heavy atom. The van der Waals surface area contributed by atoms with Crippen molar-refractivity contribution in [3.05, 3.63) is 22.2 Å². The van der Waals surface area contributed by atoms with E-state index in [-0.39, 0.29) is 0 Å². The predicted molar refractivity (Wildman–Crippen MR) is 44.9 cm³/mol. The van der Waals surface area contributed by atoms with E-state index in [4.69, 9.17) is 0 Å². The molecule has 0 radical (unpaired) electrons. The zero-order valence-corrected chi connectivity index (χ0v) is 8.25. The molecule has 11 heavy (non-hydrogen) atoms. The maximum absolute atomic E-state index is 3.57. The first kappa shape index (κ1) is 9.09. The van der Waals surface area contributed by atoms with Crippen molar-refractivity contribution in [3.63, 3.8) is 0 Å². The standard InChI is InChI=1S/C10H15.Mn/c1-2-3-4-7-10-8-5-6-9-10;/h5,8H,2-4,6-7H2,1H3;. The van der Waals surface area contributed by atoms with E-state index in [9.17, 15) is 0 Å². The van der Waals surface area contributed by atoms with E-state index in [2.05, 4.69) is 35.1 Å². The van der Waals surface area contributed by atoms with E-state index in [0.717, 1.165) is 6.42 Å². The van der Waals surface area contributed by atoms with Gasteiger partial charge in [0.25, 0.3) is 0 Å². The summed E-state index contributed by atoms with van der Waals surface area (Å²) >= 11 is 3.57. The minimum absolute atomic E-state index is 1.11. The van der Waals surface area contributed by atoms with Crippen LogP contribution in [0.3, 0.4) is 0 Å². The zero-order chi connectivity index (χ0) is 8.10. The normalized spacial score (nSPS) is 16.5. The van der Waals surface area contributed by atoms with Crippen molar-refractivity contribution in [1.29, 1.82) is 0 Å². The summed E-state index contributed by atoms with van der Waals surface area (Å²) in [5.41, 5.74) is 1.51. The van der Waals surface area contributed by atoms with Gasteiger partial charge in [-0.25, -0.2) is 0 Å². The van der Waals surface area contributed by atoms with Gasteiger partial charge in [-0.2, -0.15) is 0 Å². The summed E-state index contributed by atoms with van der Waals surface area (Å²) in [4.78, 5) is 0. The Hall–Kier alpha value is -0.000519. The summed E-state index contributed by atoms with van der Waals surface area (Å²) in [6.45, 7) is 2.24. The van der Waals surface area contributed by atoms with Crippen LogP contribution in [-0.2, 0) is 16.0 Å². The number of allylic oxidation sites excluding steroid dienone is 4. The molecule has 0 atom stereocenters. The third-order valence-electron chi connectivity index (χ3n) is 2.01. The van der Waals surface area contributed by atoms with Crippen LogP contribution >= 0.6 is 0 Å².